The maximum Gasteiger partial charge on any atom is 0.411 e. The minimum absolute atomic E-state index is 0.145. The molecule has 36 heavy (non-hydrogen) atoms. The van der Waals surface area contributed by atoms with Crippen molar-refractivity contribution in [3.8, 4) is 11.3 Å². The lowest BCUT2D eigenvalue weighted by Crippen LogP contribution is -2.24. The van der Waals surface area contributed by atoms with E-state index < -0.39 is 6.09 Å². The van der Waals surface area contributed by atoms with E-state index in [0.29, 0.717) is 23.5 Å². The monoisotopic (exact) mass is 494 g/mol. The van der Waals surface area contributed by atoms with Crippen molar-refractivity contribution >= 4 is 17.7 Å². The number of benzene rings is 2. The van der Waals surface area contributed by atoms with Gasteiger partial charge in [-0.1, -0.05) is 58.9 Å². The topological polar surface area (TPSA) is 102 Å². The van der Waals surface area contributed by atoms with Gasteiger partial charge in [0.2, 0.25) is 0 Å². The van der Waals surface area contributed by atoms with Crippen molar-refractivity contribution in [2.45, 2.75) is 54.5 Å². The van der Waals surface area contributed by atoms with Crippen LogP contribution >= 0.6 is 0 Å². The molecule has 0 aliphatic rings. The van der Waals surface area contributed by atoms with Gasteiger partial charge in [-0.25, -0.2) is 9.48 Å². The molecule has 2 N–H and O–H groups in total. The molecule has 1 heterocycles. The molecule has 2 aromatic carbocycles. The summed E-state index contributed by atoms with van der Waals surface area (Å²) in [6, 6.07) is 17.3. The maximum absolute atomic E-state index is 12.4. The number of carbonyl (C=O) groups is 2. The van der Waals surface area contributed by atoms with E-state index in [1.807, 2.05) is 46.8 Å². The first-order valence-corrected chi connectivity index (χ1v) is 12.5. The molecule has 194 valence electrons. The zero-order valence-electron chi connectivity index (χ0n) is 22.1. The number of aromatic nitrogens is 2. The van der Waals surface area contributed by atoms with E-state index in [4.69, 9.17) is 4.74 Å². The molecule has 3 rings (SSSR count). The molecule has 0 aliphatic carbocycles. The first-order valence-electron chi connectivity index (χ1n) is 12.5. The minimum Gasteiger partial charge on any atom is -0.450 e. The van der Waals surface area contributed by atoms with Crippen molar-refractivity contribution < 1.29 is 14.3 Å². The van der Waals surface area contributed by atoms with E-state index in [1.54, 1.807) is 49.4 Å². The number of nitrogens with zero attached hydrogens (tertiary/aromatic N) is 2. The number of hydrogen-bond donors (Lipinski definition) is 2. The lowest BCUT2D eigenvalue weighted by atomic mass is 10.1. The summed E-state index contributed by atoms with van der Waals surface area (Å²) in [7, 11) is 0. The van der Waals surface area contributed by atoms with Gasteiger partial charge in [-0.15, -0.1) is 0 Å². The molecule has 0 atom stereocenters. The molecule has 0 aliphatic heterocycles. The molecule has 0 bridgehead atoms. The predicted octanol–water partition coefficient (Wildman–Crippen LogP) is 5.72. The highest BCUT2D eigenvalue weighted by molar-refractivity contribution is 5.95. The van der Waals surface area contributed by atoms with Gasteiger partial charge in [0, 0.05) is 29.4 Å². The van der Waals surface area contributed by atoms with E-state index in [0.717, 1.165) is 17.5 Å². The van der Waals surface area contributed by atoms with Crippen molar-refractivity contribution in [3.63, 3.8) is 0 Å². The first kappa shape index (κ1) is 30.1. The Labute approximate surface area is 213 Å². The molecule has 0 spiro atoms. The molecule has 8 nitrogen and oxygen atoms in total. The zero-order chi connectivity index (χ0) is 26.9. The van der Waals surface area contributed by atoms with Crippen LogP contribution < -0.4 is 16.2 Å². The molecular formula is C28H38N4O4. The van der Waals surface area contributed by atoms with Crippen LogP contribution in [0.2, 0.25) is 0 Å². The van der Waals surface area contributed by atoms with Gasteiger partial charge in [-0.2, -0.15) is 5.10 Å². The highest BCUT2D eigenvalue weighted by Gasteiger charge is 2.10. The van der Waals surface area contributed by atoms with Gasteiger partial charge in [-0.3, -0.25) is 14.9 Å². The molecule has 8 heteroatoms. The number of carbonyl (C=O) groups excluding carboxylic acids is 2. The van der Waals surface area contributed by atoms with Gasteiger partial charge in [0.05, 0.1) is 18.8 Å². The molecule has 1 aromatic heterocycles. The minimum atomic E-state index is -0.537. The summed E-state index contributed by atoms with van der Waals surface area (Å²) in [5.74, 6) is -0.145. The molecule has 2 amide bonds. The smallest absolute Gasteiger partial charge is 0.411 e. The van der Waals surface area contributed by atoms with Crippen LogP contribution in [0.3, 0.4) is 0 Å². The fourth-order valence-electron chi connectivity index (χ4n) is 3.08. The lowest BCUT2D eigenvalue weighted by molar-refractivity contribution is 0.0953. The maximum atomic E-state index is 12.4. The molecule has 0 radical (unpaired) electrons. The summed E-state index contributed by atoms with van der Waals surface area (Å²) in [5, 5.41) is 9.98. The van der Waals surface area contributed by atoms with Gasteiger partial charge >= 0.3 is 6.09 Å². The standard InChI is InChI=1S/C24H26N4O4.2C2H6/c1-3-13-25-23(30)19-9-6-8-18(15-19)21-11-12-22(29)28(27-21)16-17-7-5-10-20(14-17)26-24(31)32-4-2;2*1-2/h5-12,14-15H,3-4,13,16H2,1-2H3,(H,25,30)(H,26,31);2*1-2H3. The Morgan fingerprint density at radius 3 is 2.36 bits per heavy atom. The highest BCUT2D eigenvalue weighted by atomic mass is 16.5. The number of amides is 2. The molecule has 3 aromatic rings. The van der Waals surface area contributed by atoms with Crippen LogP contribution in [0.25, 0.3) is 11.3 Å². The largest absolute Gasteiger partial charge is 0.450 e. The fraction of sp³-hybridized carbons (Fsp3) is 0.357. The van der Waals surface area contributed by atoms with Gasteiger partial charge in [0.25, 0.3) is 11.5 Å². The Bertz CT molecular complexity index is 1160. The second-order valence-corrected chi connectivity index (χ2v) is 7.10. The average molecular weight is 495 g/mol. The van der Waals surface area contributed by atoms with Crippen molar-refractivity contribution in [1.29, 1.82) is 0 Å². The van der Waals surface area contributed by atoms with Gasteiger partial charge in [0.1, 0.15) is 0 Å². The molecule has 0 saturated heterocycles. The van der Waals surface area contributed by atoms with E-state index in [2.05, 4.69) is 15.7 Å². The highest BCUT2D eigenvalue weighted by Crippen LogP contribution is 2.18. The number of rotatable bonds is 8. The Morgan fingerprint density at radius 1 is 0.944 bits per heavy atom. The van der Waals surface area contributed by atoms with Crippen LogP contribution in [0.15, 0.2) is 65.5 Å². The number of ether oxygens (including phenoxy) is 1. The summed E-state index contributed by atoms with van der Waals surface area (Å²) in [6.07, 6.45) is 0.318. The van der Waals surface area contributed by atoms with E-state index >= 15 is 0 Å². The van der Waals surface area contributed by atoms with Crippen LogP contribution in [-0.2, 0) is 11.3 Å². The summed E-state index contributed by atoms with van der Waals surface area (Å²) in [6.45, 7) is 12.8. The predicted molar refractivity (Wildman–Crippen MR) is 145 cm³/mol. The summed E-state index contributed by atoms with van der Waals surface area (Å²) < 4.78 is 6.24. The quantitative estimate of drug-likeness (QED) is 0.417. The average Bonchev–Trinajstić information content (AvgIpc) is 2.91. The third-order valence-electron chi connectivity index (χ3n) is 4.60. The van der Waals surface area contributed by atoms with E-state index in [9.17, 15) is 14.4 Å². The lowest BCUT2D eigenvalue weighted by Gasteiger charge is -2.10. The number of hydrogen-bond acceptors (Lipinski definition) is 5. The van der Waals surface area contributed by atoms with Crippen LogP contribution in [-0.4, -0.2) is 34.9 Å². The van der Waals surface area contributed by atoms with E-state index in [1.165, 1.54) is 10.7 Å². The van der Waals surface area contributed by atoms with Crippen LogP contribution in [0.1, 0.15) is 63.9 Å². The Hall–Kier alpha value is -3.94. The Balaban J connectivity index is 0.00000154. The zero-order valence-corrected chi connectivity index (χ0v) is 22.1. The van der Waals surface area contributed by atoms with E-state index in [-0.39, 0.29) is 24.6 Å². The van der Waals surface area contributed by atoms with Gasteiger partial charge in [0.15, 0.2) is 0 Å². The molecule has 0 fully saturated rings. The molecular weight excluding hydrogens is 456 g/mol. The number of anilines is 1. The van der Waals surface area contributed by atoms with Gasteiger partial charge < -0.3 is 10.1 Å². The van der Waals surface area contributed by atoms with Crippen molar-refractivity contribution in [1.82, 2.24) is 15.1 Å². The fourth-order valence-corrected chi connectivity index (χ4v) is 3.08. The third kappa shape index (κ3) is 9.37. The summed E-state index contributed by atoms with van der Waals surface area (Å²) in [5.41, 5.74) is 2.95. The Kier molecular flexibility index (Phi) is 13.9. The van der Waals surface area contributed by atoms with Gasteiger partial charge in [-0.05, 0) is 49.2 Å². The van der Waals surface area contributed by atoms with Crippen molar-refractivity contribution in [3.05, 3.63) is 82.1 Å². The third-order valence-corrected chi connectivity index (χ3v) is 4.60. The van der Waals surface area contributed by atoms with Crippen LogP contribution in [0.5, 0.6) is 0 Å². The first-order chi connectivity index (χ1) is 17.5. The number of nitrogens with one attached hydrogen (secondary N) is 2. The Morgan fingerprint density at radius 2 is 1.67 bits per heavy atom. The van der Waals surface area contributed by atoms with Crippen molar-refractivity contribution in [2.24, 2.45) is 0 Å². The SMILES string of the molecule is CC.CC.CCCNC(=O)c1cccc(-c2ccc(=O)n(Cc3cccc(NC(=O)OCC)c3)n2)c1. The van der Waals surface area contributed by atoms with Crippen LogP contribution in [0.4, 0.5) is 10.5 Å². The van der Waals surface area contributed by atoms with Crippen LogP contribution in [0, 0.1) is 0 Å². The summed E-state index contributed by atoms with van der Waals surface area (Å²) >= 11 is 0. The van der Waals surface area contributed by atoms with Crippen molar-refractivity contribution in [2.75, 3.05) is 18.5 Å². The summed E-state index contributed by atoms with van der Waals surface area (Å²) in [4.78, 5) is 36.3. The second kappa shape index (κ2) is 16.6. The normalized spacial score (nSPS) is 9.61. The second-order valence-electron chi connectivity index (χ2n) is 7.10. The molecule has 0 unspecified atom stereocenters. The molecule has 0 saturated carbocycles.